The monoisotopic (exact) mass is 1970 g/mol. The summed E-state index contributed by atoms with van der Waals surface area (Å²) in [5, 5.41) is 22.0. The van der Waals surface area contributed by atoms with Crippen LogP contribution in [0.2, 0.25) is 0 Å². The molecule has 0 aliphatic heterocycles. The number of hydrogen-bond acceptors (Lipinski definition) is 26. The van der Waals surface area contributed by atoms with Crippen molar-refractivity contribution in [1.82, 2.24) is 67.0 Å². The van der Waals surface area contributed by atoms with Crippen LogP contribution in [0.5, 0.6) is 0 Å². The molecule has 0 bridgehead atoms. The molecule has 771 valence electrons. The molecule has 0 radical (unpaired) electrons. The summed E-state index contributed by atoms with van der Waals surface area (Å²) in [6, 6.07) is -3.18. The van der Waals surface area contributed by atoms with Crippen LogP contribution in [0.25, 0.3) is 0 Å². The van der Waals surface area contributed by atoms with Gasteiger partial charge in [-0.1, -0.05) is 194 Å². The molecular formula is C96H160FN19O20V. The molecule has 6 aliphatic rings. The van der Waals surface area contributed by atoms with E-state index in [9.17, 15) is 90.8 Å². The molecule has 6 fully saturated rings. The molecule has 18 amide bonds. The van der Waals surface area contributed by atoms with Crippen molar-refractivity contribution in [2.24, 2.45) is 94.0 Å². The standard InChI is InChI=1S/C32H52N6O8.3C15H23N3O3.C12H18N2O2.C3H5NO.4CH4.FN.V/c1-9-37(21-39)25(41)35-23-13-29(3,4)17-31(7,15-23)19-33-27(43)45-11-12-46-28(44)34-20-32(8)16-24(14-30(5,6)18-32)36-26(42)38(10-2)22-40;1-5-18(11-20)13(21)16-9-15(4)7-12(17-10-19)6-14(2,3)8-15;2*1-5-18(11-20)13(21)17-12-6-14(2,3)8-15(4,7-12)9-16-10-19;1-11(2)4-10(14-9-16)5-12(3,6-11)7-13-8-15;1-2-4-3-5;;;;;1-2;/h9-10,21-24H,1-2,11-20H2,3-8H3,(H,33,43)(H,34,44)(H,35,41)(H,36,42);5,11-12H,1,6-9H2,2-4H3,(H,16,21);2*5,11-12H,1,6-9H2,2-4H3,(H,17,21);10H,4-7H2,1-3H3;2-3H,1H2,(H,4,5);4*1H4;;. The van der Waals surface area contributed by atoms with Crippen molar-refractivity contribution >= 4 is 111 Å². The van der Waals surface area contributed by atoms with Crippen molar-refractivity contribution in [2.45, 2.75) is 306 Å². The van der Waals surface area contributed by atoms with Gasteiger partial charge in [-0.15, -0.1) is 0 Å². The summed E-state index contributed by atoms with van der Waals surface area (Å²) < 4.78 is 22.2. The minimum atomic E-state index is -0.650. The number of rotatable bonds is 33. The van der Waals surface area contributed by atoms with Crippen LogP contribution in [-0.4, -0.2) is 224 Å². The molecule has 12 atom stereocenters. The summed E-state index contributed by atoms with van der Waals surface area (Å²) >= 11 is 1.42. The Morgan fingerprint density at radius 3 is 0.796 bits per heavy atom. The van der Waals surface area contributed by atoms with E-state index >= 15 is 0 Å². The number of nitrogens with one attached hydrogen (secondary N) is 8. The SMILES string of the molecule is C.C.C.C.C=CN(C=O)C(=O)NC1CC(C)(C)CC(C)(CN=C=O)C1.C=CN(C=O)C(=O)NC1CC(C)(C)CC(C)(CN=C=O)C1.C=CN(C=O)C(=O)NC1CC(C)(C)CC(C)(CNC(=O)OCCOC(=O)NCC2(C)CC(NC(=O)N(C=C)C=O)CC(C)(C)C2)C1.C=CN(C=O)C(=O)NCC1(C)CC(N=C=O)CC(C)(C)C1.C=CNC=O.CC1(C)CC(N=C=O)CC(C)(CN=C=O)C1.F[N]=[V]. The summed E-state index contributed by atoms with van der Waals surface area (Å²) in [6.45, 7) is 60.1. The number of hydrogen-bond donors (Lipinski definition) is 8. The summed E-state index contributed by atoms with van der Waals surface area (Å²) in [7, 11) is 0. The number of carbonyl (C=O) groups excluding carboxylic acids is 18. The van der Waals surface area contributed by atoms with Crippen LogP contribution in [0.3, 0.4) is 0 Å². The van der Waals surface area contributed by atoms with E-state index in [0.717, 1.165) is 114 Å². The molecular weight excluding hydrogens is 1810 g/mol. The van der Waals surface area contributed by atoms with Gasteiger partial charge in [0.05, 0.1) is 31.7 Å². The predicted molar refractivity (Wildman–Crippen MR) is 519 cm³/mol. The van der Waals surface area contributed by atoms with Gasteiger partial charge >= 0.3 is 68.1 Å². The molecule has 12 unspecified atom stereocenters. The molecule has 0 spiro atoms. The second-order valence-corrected chi connectivity index (χ2v) is 41.8. The summed E-state index contributed by atoms with van der Waals surface area (Å²) in [5.74, 6) is 0. The van der Waals surface area contributed by atoms with E-state index in [4.69, 9.17) is 9.47 Å². The molecule has 6 aliphatic carbocycles. The molecule has 0 heterocycles. The van der Waals surface area contributed by atoms with E-state index in [2.05, 4.69) is 218 Å². The average Bonchev–Trinajstić information content (AvgIpc) is 0.855. The molecule has 8 N–H and O–H groups in total. The molecule has 6 saturated carbocycles. The van der Waals surface area contributed by atoms with E-state index < -0.39 is 42.3 Å². The Hall–Kier alpha value is -11.6. The zero-order chi connectivity index (χ0) is 102. The molecule has 6 rings (SSSR count). The molecule has 137 heavy (non-hydrogen) atoms. The normalized spacial score (nSPS) is 25.3. The Kier molecular flexibility index (Phi) is 61.5. The first-order valence-electron chi connectivity index (χ1n) is 43.5. The molecule has 0 saturated heterocycles. The molecule has 41 heteroatoms. The third-order valence-electron chi connectivity index (χ3n) is 23.4. The van der Waals surface area contributed by atoms with E-state index in [1.807, 2.05) is 17.9 Å². The zero-order valence-electron chi connectivity index (χ0n) is 80.9. The van der Waals surface area contributed by atoms with E-state index in [-0.39, 0.29) is 144 Å². The maximum absolute atomic E-state index is 12.4. The van der Waals surface area contributed by atoms with Gasteiger partial charge in [0.1, 0.15) is 13.2 Å². The van der Waals surface area contributed by atoms with Crippen molar-refractivity contribution in [2.75, 3.05) is 52.5 Å². The topological polar surface area (TPSA) is 512 Å². The Morgan fingerprint density at radius 1 is 0.350 bits per heavy atom. The van der Waals surface area contributed by atoms with Gasteiger partial charge in [-0.25, -0.2) is 107 Å². The number of amides is 18. The van der Waals surface area contributed by atoms with Crippen LogP contribution >= 0.6 is 0 Å². The van der Waals surface area contributed by atoms with Gasteiger partial charge < -0.3 is 52.0 Å². The number of alkyl carbamates (subject to hydrolysis) is 2. The van der Waals surface area contributed by atoms with E-state index in [1.54, 1.807) is 30.4 Å². The zero-order valence-corrected chi connectivity index (χ0v) is 82.3. The quantitative estimate of drug-likeness (QED) is 0.0131. The minimum absolute atomic E-state index is 0. The van der Waals surface area contributed by atoms with Gasteiger partial charge in [0.15, 0.2) is 0 Å². The molecule has 0 aromatic carbocycles. The summed E-state index contributed by atoms with van der Waals surface area (Å²) in [4.78, 5) is 224. The van der Waals surface area contributed by atoms with Crippen molar-refractivity contribution in [1.29, 1.82) is 0 Å². The number of isocyanates is 5. The van der Waals surface area contributed by atoms with Crippen molar-refractivity contribution < 1.29 is 117 Å². The van der Waals surface area contributed by atoms with E-state index in [0.29, 0.717) is 123 Å². The Balaban J connectivity index is -0.000000544. The van der Waals surface area contributed by atoms with Gasteiger partial charge in [0, 0.05) is 74.8 Å². The number of nitrogens with zero attached hydrogens (tertiary/aromatic N) is 11. The van der Waals surface area contributed by atoms with E-state index in [1.165, 1.54) is 35.8 Å². The Bertz CT molecular complexity index is 4030. The first kappa shape index (κ1) is 134. The molecule has 0 aromatic rings. The Morgan fingerprint density at radius 2 is 0.569 bits per heavy atom. The van der Waals surface area contributed by atoms with Gasteiger partial charge in [0.25, 0.3) is 0 Å². The Labute approximate surface area is 820 Å². The number of ether oxygens (including phenoxy) is 2. The number of carbonyl (C=O) groups is 13. The van der Waals surface area contributed by atoms with Crippen LogP contribution in [-0.2, 0) is 79.4 Å². The van der Waals surface area contributed by atoms with Crippen LogP contribution in [0, 0.1) is 65.0 Å². The number of urea groups is 5. The second kappa shape index (κ2) is 63.0. The third kappa shape index (κ3) is 52.5. The fraction of sp³-hybridized carbons (Fsp3) is 0.688. The summed E-state index contributed by atoms with van der Waals surface area (Å²) in [5.41, 5.74) is -1.34. The van der Waals surface area contributed by atoms with Gasteiger partial charge in [-0.2, -0.15) is 0 Å². The van der Waals surface area contributed by atoms with Crippen LogP contribution < -0.4 is 42.5 Å². The van der Waals surface area contributed by atoms with Crippen LogP contribution in [0.15, 0.2) is 106 Å². The fourth-order valence-corrected chi connectivity index (χ4v) is 21.1. The molecule has 39 nitrogen and oxygen atoms in total. The van der Waals surface area contributed by atoms with Crippen molar-refractivity contribution in [3.8, 4) is 0 Å². The van der Waals surface area contributed by atoms with Crippen molar-refractivity contribution in [3.05, 3.63) is 76.7 Å². The number of aliphatic imine (C=N–C) groups is 5. The molecule has 0 aromatic heterocycles. The van der Waals surface area contributed by atoms with Crippen LogP contribution in [0.4, 0.5) is 38.0 Å². The second-order valence-electron chi connectivity index (χ2n) is 41.6. The van der Waals surface area contributed by atoms with Crippen LogP contribution in [0.1, 0.15) is 270 Å². The number of imide groups is 5. The first-order valence-corrected chi connectivity index (χ1v) is 44.1. The first-order chi connectivity index (χ1) is 61.9. The summed E-state index contributed by atoms with van der Waals surface area (Å²) in [6.07, 6.45) is 30.6. The van der Waals surface area contributed by atoms with Crippen molar-refractivity contribution in [3.63, 3.8) is 0 Å². The fourth-order valence-electron chi connectivity index (χ4n) is 21.1. The van der Waals surface area contributed by atoms with Gasteiger partial charge in [0.2, 0.25) is 68.9 Å². The third-order valence-corrected chi connectivity index (χ3v) is 23.4. The predicted octanol–water partition coefficient (Wildman–Crippen LogP) is 16.2. The maximum atomic E-state index is 12.4. The average molecular weight is 1970 g/mol. The van der Waals surface area contributed by atoms with Gasteiger partial charge in [-0.3, -0.25) is 28.8 Å². The number of halogens is 1. The van der Waals surface area contributed by atoms with Gasteiger partial charge in [-0.05, 0) is 187 Å².